The fourth-order valence-corrected chi connectivity index (χ4v) is 7.79. The van der Waals surface area contributed by atoms with Crippen LogP contribution in [0, 0.1) is 17.8 Å². The minimum atomic E-state index is -1.25. The Morgan fingerprint density at radius 3 is 2.55 bits per heavy atom. The summed E-state index contributed by atoms with van der Waals surface area (Å²) in [5.41, 5.74) is -0.647. The lowest BCUT2D eigenvalue weighted by Gasteiger charge is -2.39. The average Bonchev–Trinajstić information content (AvgIpc) is 3.57. The van der Waals surface area contributed by atoms with Crippen LogP contribution in [0.25, 0.3) is 0 Å². The van der Waals surface area contributed by atoms with Crippen molar-refractivity contribution in [3.8, 4) is 5.75 Å². The number of halogens is 1. The van der Waals surface area contributed by atoms with E-state index in [2.05, 4.69) is 29.1 Å². The first-order valence-electron chi connectivity index (χ1n) is 14.7. The number of nitrogens with zero attached hydrogens (tertiary/aromatic N) is 2. The number of alkyl halides is 1. The molecule has 3 saturated heterocycles. The number of aliphatic hydroxyl groups is 1. The number of anilines is 1. The molecule has 10 heteroatoms. The highest BCUT2D eigenvalue weighted by atomic mass is 79.9. The highest BCUT2D eigenvalue weighted by molar-refractivity contribution is 9.09. The molecule has 42 heavy (non-hydrogen) atoms. The monoisotopic (exact) mass is 646 g/mol. The van der Waals surface area contributed by atoms with Crippen molar-refractivity contribution in [1.82, 2.24) is 4.90 Å². The minimum Gasteiger partial charge on any atom is -0.497 e. The van der Waals surface area contributed by atoms with Gasteiger partial charge in [-0.05, 0) is 62.3 Å². The van der Waals surface area contributed by atoms with E-state index >= 15 is 0 Å². The van der Waals surface area contributed by atoms with Crippen LogP contribution < -0.4 is 9.64 Å². The first-order valence-corrected chi connectivity index (χ1v) is 15.6. The van der Waals surface area contributed by atoms with E-state index in [1.54, 1.807) is 42.4 Å². The molecule has 1 N–H and O–H groups in total. The number of aliphatic hydroxyl groups excluding tert-OH is 1. The first kappa shape index (κ1) is 32.2. The van der Waals surface area contributed by atoms with Crippen molar-refractivity contribution in [2.24, 2.45) is 17.8 Å². The smallest absolute Gasteiger partial charge is 0.312 e. The Kier molecular flexibility index (Phi) is 10.5. The van der Waals surface area contributed by atoms with Crippen LogP contribution in [0.1, 0.15) is 46.0 Å². The standard InChI is InChI=1S/C32H43BrN2O7/c1-6-8-9-10-16-41-31(39)25-26-29(37)35(22(19-36)17-20(3)4)28(32(26)18-24(33)27(25)42-32)30(38)34(15-7-2)21-11-13-23(40-5)14-12-21/h6-7,11-14,20,22,24-28,36H,1-2,8-10,15-19H2,3-5H3/t22-,24?,25-,26+,27-,28?,32?/m1/s1. The maximum atomic E-state index is 14.7. The van der Waals surface area contributed by atoms with Crippen molar-refractivity contribution in [1.29, 1.82) is 0 Å². The van der Waals surface area contributed by atoms with Crippen LogP contribution in [0.5, 0.6) is 5.75 Å². The van der Waals surface area contributed by atoms with E-state index < -0.39 is 41.6 Å². The predicted molar refractivity (Wildman–Crippen MR) is 163 cm³/mol. The molecule has 0 saturated carbocycles. The molecular weight excluding hydrogens is 604 g/mol. The van der Waals surface area contributed by atoms with Gasteiger partial charge in [0.05, 0.1) is 44.3 Å². The molecule has 3 unspecified atom stereocenters. The number of ether oxygens (including phenoxy) is 3. The zero-order valence-electron chi connectivity index (χ0n) is 24.7. The molecule has 2 amide bonds. The van der Waals surface area contributed by atoms with Crippen molar-refractivity contribution in [2.45, 2.75) is 74.6 Å². The van der Waals surface area contributed by atoms with Gasteiger partial charge in [0.1, 0.15) is 17.4 Å². The van der Waals surface area contributed by atoms with Gasteiger partial charge in [0.25, 0.3) is 5.91 Å². The number of esters is 1. The fraction of sp³-hybridized carbons (Fsp3) is 0.594. The number of fused-ring (bicyclic) bond motifs is 1. The highest BCUT2D eigenvalue weighted by Crippen LogP contribution is 2.61. The van der Waals surface area contributed by atoms with E-state index in [0.717, 1.165) is 12.8 Å². The maximum Gasteiger partial charge on any atom is 0.312 e. The Morgan fingerprint density at radius 1 is 1.24 bits per heavy atom. The molecule has 1 aromatic carbocycles. The second kappa shape index (κ2) is 13.7. The van der Waals surface area contributed by atoms with Crippen LogP contribution in [0.4, 0.5) is 5.69 Å². The van der Waals surface area contributed by atoms with Crippen molar-refractivity contribution in [3.05, 3.63) is 49.6 Å². The van der Waals surface area contributed by atoms with Gasteiger partial charge in [-0.3, -0.25) is 14.4 Å². The van der Waals surface area contributed by atoms with Gasteiger partial charge < -0.3 is 29.1 Å². The molecule has 3 fully saturated rings. The molecule has 1 aromatic rings. The lowest BCUT2D eigenvalue weighted by Crippen LogP contribution is -2.59. The van der Waals surface area contributed by atoms with E-state index in [4.69, 9.17) is 14.2 Å². The zero-order chi connectivity index (χ0) is 30.6. The zero-order valence-corrected chi connectivity index (χ0v) is 26.3. The summed E-state index contributed by atoms with van der Waals surface area (Å²) in [6.45, 7) is 11.7. The van der Waals surface area contributed by atoms with Crippen LogP contribution in [0.3, 0.4) is 0 Å². The van der Waals surface area contributed by atoms with E-state index in [9.17, 15) is 19.5 Å². The van der Waals surface area contributed by atoms with Crippen molar-refractivity contribution in [3.63, 3.8) is 0 Å². The molecule has 9 nitrogen and oxygen atoms in total. The number of amides is 2. The lowest BCUT2D eigenvalue weighted by atomic mass is 9.70. The summed E-state index contributed by atoms with van der Waals surface area (Å²) in [5.74, 6) is -2.15. The molecule has 4 rings (SSSR count). The van der Waals surface area contributed by atoms with Crippen LogP contribution in [-0.4, -0.2) is 83.3 Å². The van der Waals surface area contributed by atoms with Gasteiger partial charge in [-0.1, -0.05) is 41.9 Å². The Labute approximate surface area is 257 Å². The third kappa shape index (κ3) is 5.90. The Balaban J connectivity index is 1.75. The molecule has 0 aliphatic carbocycles. The molecular formula is C32H43BrN2O7. The number of hydrogen-bond acceptors (Lipinski definition) is 7. The summed E-state index contributed by atoms with van der Waals surface area (Å²) in [4.78, 5) is 45.5. The highest BCUT2D eigenvalue weighted by Gasteiger charge is 2.77. The average molecular weight is 648 g/mol. The molecule has 1 spiro atoms. The quantitative estimate of drug-likeness (QED) is 0.131. The number of carbonyl (C=O) groups excluding carboxylic acids is 3. The molecule has 3 aliphatic rings. The molecule has 230 valence electrons. The second-order valence-electron chi connectivity index (χ2n) is 11.8. The Hall–Kier alpha value is -2.69. The molecule has 0 aromatic heterocycles. The van der Waals surface area contributed by atoms with Gasteiger partial charge in [0, 0.05) is 17.1 Å². The molecule has 3 aliphatic heterocycles. The summed E-state index contributed by atoms with van der Waals surface area (Å²) in [6, 6.07) is 5.41. The summed E-state index contributed by atoms with van der Waals surface area (Å²) in [6.07, 6.45) is 6.05. The third-order valence-corrected chi connectivity index (χ3v) is 9.43. The fourth-order valence-electron chi connectivity index (χ4n) is 6.85. The maximum absolute atomic E-state index is 14.7. The first-order chi connectivity index (χ1) is 20.1. The van der Waals surface area contributed by atoms with E-state index in [1.807, 2.05) is 19.9 Å². The van der Waals surface area contributed by atoms with Gasteiger partial charge in [-0.2, -0.15) is 0 Å². The number of carbonyl (C=O) groups is 3. The lowest BCUT2D eigenvalue weighted by molar-refractivity contribution is -0.155. The predicted octanol–water partition coefficient (Wildman–Crippen LogP) is 4.27. The minimum absolute atomic E-state index is 0.145. The van der Waals surface area contributed by atoms with E-state index in [0.29, 0.717) is 30.7 Å². The Morgan fingerprint density at radius 2 is 1.95 bits per heavy atom. The van der Waals surface area contributed by atoms with Crippen LogP contribution in [0.15, 0.2) is 49.6 Å². The van der Waals surface area contributed by atoms with Gasteiger partial charge in [0.2, 0.25) is 5.91 Å². The molecule has 2 bridgehead atoms. The number of benzene rings is 1. The summed E-state index contributed by atoms with van der Waals surface area (Å²) >= 11 is 3.70. The second-order valence-corrected chi connectivity index (χ2v) is 12.9. The van der Waals surface area contributed by atoms with Gasteiger partial charge in [-0.15, -0.1) is 13.2 Å². The summed E-state index contributed by atoms with van der Waals surface area (Å²) < 4.78 is 17.6. The van der Waals surface area contributed by atoms with Crippen molar-refractivity contribution < 1.29 is 33.7 Å². The number of unbranched alkanes of at least 4 members (excludes halogenated alkanes) is 2. The van der Waals surface area contributed by atoms with Crippen molar-refractivity contribution in [2.75, 3.05) is 31.8 Å². The normalized spacial score (nSPS) is 28.5. The number of rotatable bonds is 15. The molecule has 7 atom stereocenters. The SMILES string of the molecule is C=CCCCCOC(=O)[C@H]1[C@@H]2OC3(CC2Br)C(C(=O)N(CC=C)c2ccc(OC)cc2)N([C@@H](CO)CC(C)C)C(=O)[C@H]13. The number of hydrogen-bond donors (Lipinski definition) is 1. The molecule has 3 heterocycles. The molecule has 0 radical (unpaired) electrons. The van der Waals surface area contributed by atoms with Gasteiger partial charge in [0.15, 0.2) is 0 Å². The van der Waals surface area contributed by atoms with E-state index in [-0.39, 0.29) is 42.3 Å². The van der Waals surface area contributed by atoms with E-state index in [1.165, 1.54) is 4.90 Å². The number of allylic oxidation sites excluding steroid dienone is 1. The number of likely N-dealkylation sites (tertiary alicyclic amines) is 1. The van der Waals surface area contributed by atoms with Gasteiger partial charge >= 0.3 is 5.97 Å². The van der Waals surface area contributed by atoms with Gasteiger partial charge in [-0.25, -0.2) is 0 Å². The van der Waals surface area contributed by atoms with Crippen molar-refractivity contribution >= 4 is 39.4 Å². The largest absolute Gasteiger partial charge is 0.497 e. The van der Waals surface area contributed by atoms with Crippen LogP contribution >= 0.6 is 15.9 Å². The third-order valence-electron chi connectivity index (χ3n) is 8.59. The Bertz CT molecular complexity index is 1160. The summed E-state index contributed by atoms with van der Waals surface area (Å²) in [7, 11) is 1.57. The summed E-state index contributed by atoms with van der Waals surface area (Å²) in [5, 5.41) is 10.5. The van der Waals surface area contributed by atoms with Crippen LogP contribution in [0.2, 0.25) is 0 Å². The topological polar surface area (TPSA) is 106 Å². The van der Waals surface area contributed by atoms with Crippen LogP contribution in [-0.2, 0) is 23.9 Å². The number of methoxy groups -OCH3 is 1.